The lowest BCUT2D eigenvalue weighted by Crippen LogP contribution is -2.23. The predicted octanol–water partition coefficient (Wildman–Crippen LogP) is 5.10. The van der Waals surface area contributed by atoms with E-state index in [1.807, 2.05) is 10.8 Å². The molecule has 0 spiro atoms. The second-order valence-corrected chi connectivity index (χ2v) is 10.8. The average Bonchev–Trinajstić information content (AvgIpc) is 3.54. The summed E-state index contributed by atoms with van der Waals surface area (Å²) in [6.07, 6.45) is 2.52. The first-order chi connectivity index (χ1) is 16.9. The molecular weight excluding hydrogens is 493 g/mol. The quantitative estimate of drug-likeness (QED) is 0.452. The third-order valence-electron chi connectivity index (χ3n) is 5.90. The van der Waals surface area contributed by atoms with Gasteiger partial charge in [-0.05, 0) is 36.5 Å². The number of thiazole rings is 1. The molecule has 7 nitrogen and oxygen atoms in total. The van der Waals surface area contributed by atoms with Gasteiger partial charge in [-0.15, -0.1) is 11.3 Å². The molecule has 1 aromatic carbocycles. The third-order valence-corrected chi connectivity index (χ3v) is 7.34. The van der Waals surface area contributed by atoms with Crippen molar-refractivity contribution in [1.82, 2.24) is 14.1 Å². The molecule has 0 radical (unpaired) electrons. The van der Waals surface area contributed by atoms with Gasteiger partial charge in [0.1, 0.15) is 18.2 Å². The molecule has 4 rings (SSSR count). The molecule has 1 aliphatic rings. The molecule has 0 saturated carbocycles. The molecule has 3 aromatic rings. The van der Waals surface area contributed by atoms with E-state index in [0.717, 1.165) is 35.9 Å². The van der Waals surface area contributed by atoms with Crippen molar-refractivity contribution in [3.05, 3.63) is 63.4 Å². The smallest absolute Gasteiger partial charge is 0.416 e. The first kappa shape index (κ1) is 26.2. The van der Waals surface area contributed by atoms with Gasteiger partial charge in [0.25, 0.3) is 5.91 Å². The van der Waals surface area contributed by atoms with Gasteiger partial charge >= 0.3 is 6.18 Å². The van der Waals surface area contributed by atoms with E-state index in [0.29, 0.717) is 23.8 Å². The summed E-state index contributed by atoms with van der Waals surface area (Å²) in [5.41, 5.74) is -1.39. The van der Waals surface area contributed by atoms with E-state index in [1.165, 1.54) is 11.3 Å². The summed E-state index contributed by atoms with van der Waals surface area (Å²) in [7, 11) is 1.77. The summed E-state index contributed by atoms with van der Waals surface area (Å²) < 4.78 is 55.5. The Morgan fingerprint density at radius 2 is 2.08 bits per heavy atom. The molecule has 3 heterocycles. The largest absolute Gasteiger partial charge is 0.485 e. The molecule has 2 aromatic heterocycles. The van der Waals surface area contributed by atoms with Crippen molar-refractivity contribution in [2.24, 2.45) is 12.0 Å². The van der Waals surface area contributed by atoms with Gasteiger partial charge in [0.15, 0.2) is 4.80 Å². The molecule has 11 heteroatoms. The normalized spacial score (nSPS) is 17.1. The average molecular weight is 523 g/mol. The molecule has 194 valence electrons. The second-order valence-electron chi connectivity index (χ2n) is 9.78. The minimum absolute atomic E-state index is 0.00621. The van der Waals surface area contributed by atoms with Crippen molar-refractivity contribution in [2.45, 2.75) is 64.5 Å². The number of ether oxygens (including phenoxy) is 2. The minimum Gasteiger partial charge on any atom is -0.485 e. The maximum Gasteiger partial charge on any atom is 0.416 e. The van der Waals surface area contributed by atoms with Crippen LogP contribution in [0.3, 0.4) is 0 Å². The molecule has 1 amide bonds. The number of nitrogens with zero attached hydrogens (tertiary/aromatic N) is 4. The highest BCUT2D eigenvalue weighted by Crippen LogP contribution is 2.33. The Labute approximate surface area is 211 Å². The molecule has 0 bridgehead atoms. The van der Waals surface area contributed by atoms with E-state index in [1.54, 1.807) is 24.0 Å². The molecule has 1 saturated heterocycles. The van der Waals surface area contributed by atoms with E-state index in [9.17, 15) is 18.0 Å². The standard InChI is InChI=1S/C25H29F3N4O3S/c1-24(2,3)20-14-32(13-17-6-5-11-34-17)23(36-20)30-22(33)18-12-16(25(26,27)28)7-8-19(18)35-15-21-29-9-10-31(21)4/h7-10,12,14,17H,5-6,11,13,15H2,1-4H3/t17-/m1/s1. The van der Waals surface area contributed by atoms with Gasteiger partial charge in [0.05, 0.1) is 23.8 Å². The van der Waals surface area contributed by atoms with Crippen molar-refractivity contribution >= 4 is 17.2 Å². The maximum absolute atomic E-state index is 13.5. The van der Waals surface area contributed by atoms with E-state index in [-0.39, 0.29) is 29.4 Å². The van der Waals surface area contributed by atoms with Crippen LogP contribution in [0.15, 0.2) is 41.8 Å². The zero-order valence-corrected chi connectivity index (χ0v) is 21.4. The van der Waals surface area contributed by atoms with Crippen LogP contribution in [0.4, 0.5) is 13.2 Å². The molecule has 1 atom stereocenters. The molecule has 1 fully saturated rings. The van der Waals surface area contributed by atoms with Gasteiger partial charge in [-0.3, -0.25) is 4.79 Å². The Morgan fingerprint density at radius 3 is 2.69 bits per heavy atom. The number of amides is 1. The number of hydrogen-bond donors (Lipinski definition) is 0. The number of benzene rings is 1. The number of rotatable bonds is 6. The summed E-state index contributed by atoms with van der Waals surface area (Å²) in [6.45, 7) is 7.35. The fraction of sp³-hybridized carbons (Fsp3) is 0.480. The van der Waals surface area contributed by atoms with Gasteiger partial charge in [0, 0.05) is 37.1 Å². The topological polar surface area (TPSA) is 70.6 Å². The van der Waals surface area contributed by atoms with E-state index in [2.05, 4.69) is 30.7 Å². The van der Waals surface area contributed by atoms with Gasteiger partial charge < -0.3 is 18.6 Å². The summed E-state index contributed by atoms with van der Waals surface area (Å²) in [4.78, 5) is 23.2. The molecule has 0 N–H and O–H groups in total. The Morgan fingerprint density at radius 1 is 1.31 bits per heavy atom. The highest BCUT2D eigenvalue weighted by Gasteiger charge is 2.32. The summed E-state index contributed by atoms with van der Waals surface area (Å²) in [6, 6.07) is 2.84. The molecule has 1 aliphatic heterocycles. The van der Waals surface area contributed by atoms with Crippen LogP contribution in [0.25, 0.3) is 0 Å². The first-order valence-corrected chi connectivity index (χ1v) is 12.4. The third kappa shape index (κ3) is 6.07. The Kier molecular flexibility index (Phi) is 7.42. The zero-order valence-electron chi connectivity index (χ0n) is 20.6. The van der Waals surface area contributed by atoms with Gasteiger partial charge in [-0.25, -0.2) is 4.98 Å². The number of aryl methyl sites for hydroxylation is 1. The van der Waals surface area contributed by atoms with Gasteiger partial charge in [-0.1, -0.05) is 20.8 Å². The van der Waals surface area contributed by atoms with Gasteiger partial charge in [0.2, 0.25) is 0 Å². The van der Waals surface area contributed by atoms with Crippen LogP contribution in [-0.4, -0.2) is 32.7 Å². The number of carbonyl (C=O) groups excluding carboxylic acids is 1. The van der Waals surface area contributed by atoms with E-state index < -0.39 is 17.6 Å². The van der Waals surface area contributed by atoms with Crippen LogP contribution < -0.4 is 9.54 Å². The SMILES string of the molecule is Cn1ccnc1COc1ccc(C(F)(F)F)cc1C(=O)N=c1sc(C(C)(C)C)cn1C[C@H]1CCCO1. The Hall–Kier alpha value is -2.92. The van der Waals surface area contributed by atoms with Crippen LogP contribution in [0.2, 0.25) is 0 Å². The first-order valence-electron chi connectivity index (χ1n) is 11.6. The molecule has 36 heavy (non-hydrogen) atoms. The van der Waals surface area contributed by atoms with Crippen molar-refractivity contribution < 1.29 is 27.4 Å². The number of halogens is 3. The Balaban J connectivity index is 1.73. The lowest BCUT2D eigenvalue weighted by molar-refractivity contribution is -0.137. The Bertz CT molecular complexity index is 1290. The lowest BCUT2D eigenvalue weighted by Gasteiger charge is -2.15. The molecular formula is C25H29F3N4O3S. The highest BCUT2D eigenvalue weighted by molar-refractivity contribution is 7.09. The maximum atomic E-state index is 13.5. The number of aromatic nitrogens is 3. The highest BCUT2D eigenvalue weighted by atomic mass is 32.1. The molecule has 0 aliphatic carbocycles. The van der Waals surface area contributed by atoms with Gasteiger partial charge in [-0.2, -0.15) is 18.2 Å². The summed E-state index contributed by atoms with van der Waals surface area (Å²) in [5, 5.41) is 0. The van der Waals surface area contributed by atoms with E-state index >= 15 is 0 Å². The lowest BCUT2D eigenvalue weighted by atomic mass is 9.95. The predicted molar refractivity (Wildman–Crippen MR) is 129 cm³/mol. The number of carbonyl (C=O) groups is 1. The minimum atomic E-state index is -4.62. The van der Waals surface area contributed by atoms with Crippen molar-refractivity contribution in [2.75, 3.05) is 6.61 Å². The zero-order chi connectivity index (χ0) is 26.1. The second kappa shape index (κ2) is 10.2. The van der Waals surface area contributed by atoms with Crippen LogP contribution >= 0.6 is 11.3 Å². The van der Waals surface area contributed by atoms with Crippen LogP contribution in [-0.2, 0) is 36.5 Å². The van der Waals surface area contributed by atoms with Crippen LogP contribution in [0.1, 0.15) is 60.2 Å². The number of hydrogen-bond acceptors (Lipinski definition) is 5. The van der Waals surface area contributed by atoms with Crippen molar-refractivity contribution in [3.63, 3.8) is 0 Å². The number of alkyl halides is 3. The van der Waals surface area contributed by atoms with Crippen molar-refractivity contribution in [3.8, 4) is 5.75 Å². The summed E-state index contributed by atoms with van der Waals surface area (Å²) in [5.74, 6) is -0.231. The number of imidazole rings is 1. The monoisotopic (exact) mass is 522 g/mol. The van der Waals surface area contributed by atoms with Crippen LogP contribution in [0, 0.1) is 0 Å². The molecule has 0 unspecified atom stereocenters. The fourth-order valence-corrected chi connectivity index (χ4v) is 4.83. The summed E-state index contributed by atoms with van der Waals surface area (Å²) >= 11 is 1.35. The fourth-order valence-electron chi connectivity index (χ4n) is 3.78. The van der Waals surface area contributed by atoms with Crippen molar-refractivity contribution in [1.29, 1.82) is 0 Å². The van der Waals surface area contributed by atoms with E-state index in [4.69, 9.17) is 9.47 Å². The van der Waals surface area contributed by atoms with Crippen LogP contribution in [0.5, 0.6) is 5.75 Å².